The maximum atomic E-state index is 4.07. The summed E-state index contributed by atoms with van der Waals surface area (Å²) in [5.41, 5.74) is 4.82. The molecular weight excluding hydrogens is 140 g/mol. The molecule has 11 heavy (non-hydrogen) atoms. The van der Waals surface area contributed by atoms with Crippen molar-refractivity contribution in [2.24, 2.45) is 5.10 Å². The third kappa shape index (κ3) is 1.02. The number of nitrogens with zero attached hydrogens (tertiary/aromatic N) is 4. The first-order chi connectivity index (χ1) is 5.36. The van der Waals surface area contributed by atoms with E-state index in [1.54, 1.807) is 17.1 Å². The molecule has 0 spiro atoms. The summed E-state index contributed by atoms with van der Waals surface area (Å²) in [7, 11) is 0. The first-order valence-electron chi connectivity index (χ1n) is 3.32. The van der Waals surface area contributed by atoms with E-state index in [0.29, 0.717) is 0 Å². The lowest BCUT2D eigenvalue weighted by Gasteiger charge is -1.92. The highest BCUT2D eigenvalue weighted by atomic mass is 15.4. The Morgan fingerprint density at radius 2 is 2.36 bits per heavy atom. The van der Waals surface area contributed by atoms with Crippen LogP contribution in [0.2, 0.25) is 0 Å². The number of aryl methyl sites for hydroxylation is 1. The number of allylic oxidation sites excluding steroid dienone is 1. The van der Waals surface area contributed by atoms with Crippen LogP contribution in [0.3, 0.4) is 0 Å². The highest BCUT2D eigenvalue weighted by molar-refractivity contribution is 5.95. The molecule has 55 valence electrons. The summed E-state index contributed by atoms with van der Waals surface area (Å²) in [6.07, 6.45) is 7.15. The second-order valence-electron chi connectivity index (χ2n) is 2.35. The fraction of sp³-hybridized carbons (Fsp3) is 0.143. The summed E-state index contributed by atoms with van der Waals surface area (Å²) in [5, 5.41) is 7.92. The zero-order valence-corrected chi connectivity index (χ0v) is 6.10. The van der Waals surface area contributed by atoms with Crippen LogP contribution in [-0.4, -0.2) is 15.6 Å². The van der Waals surface area contributed by atoms with Gasteiger partial charge in [-0.05, 0) is 12.5 Å². The molecule has 0 unspecified atom stereocenters. The summed E-state index contributed by atoms with van der Waals surface area (Å²) in [5.74, 6) is 0.762. The Morgan fingerprint density at radius 3 is 2.91 bits per heavy atom. The first-order valence-corrected chi connectivity index (χ1v) is 3.32. The van der Waals surface area contributed by atoms with Gasteiger partial charge in [-0.3, -0.25) is 0 Å². The monoisotopic (exact) mass is 147 g/mol. The van der Waals surface area contributed by atoms with Crippen molar-refractivity contribution in [3.8, 4) is 0 Å². The molecule has 4 heteroatoms. The fourth-order valence-electron chi connectivity index (χ4n) is 0.886. The molecule has 1 aliphatic rings. The van der Waals surface area contributed by atoms with E-state index < -0.39 is 0 Å². The summed E-state index contributed by atoms with van der Waals surface area (Å²) in [6.45, 7) is 1.99. The molecule has 0 aliphatic carbocycles. The van der Waals surface area contributed by atoms with Crippen molar-refractivity contribution < 1.29 is 0 Å². The van der Waals surface area contributed by atoms with Crippen LogP contribution in [0.25, 0.3) is 0 Å². The van der Waals surface area contributed by atoms with E-state index in [-0.39, 0.29) is 0 Å². The summed E-state index contributed by atoms with van der Waals surface area (Å²) in [6, 6.07) is 0. The third-order valence-corrected chi connectivity index (χ3v) is 1.40. The van der Waals surface area contributed by atoms with Crippen molar-refractivity contribution >= 4 is 5.84 Å². The minimum atomic E-state index is 0.762. The van der Waals surface area contributed by atoms with E-state index in [4.69, 9.17) is 0 Å². The predicted molar refractivity (Wildman–Crippen MR) is 41.1 cm³/mol. The number of rotatable bonds is 0. The normalized spacial score (nSPS) is 14.8. The van der Waals surface area contributed by atoms with Gasteiger partial charge in [-0.1, -0.05) is 0 Å². The van der Waals surface area contributed by atoms with E-state index in [0.717, 1.165) is 11.4 Å². The molecule has 1 aromatic heterocycles. The van der Waals surface area contributed by atoms with Gasteiger partial charge in [0.2, 0.25) is 0 Å². The van der Waals surface area contributed by atoms with E-state index in [9.17, 15) is 0 Å². The third-order valence-electron chi connectivity index (χ3n) is 1.40. The fourth-order valence-corrected chi connectivity index (χ4v) is 0.886. The van der Waals surface area contributed by atoms with Gasteiger partial charge in [-0.15, -0.1) is 5.10 Å². The van der Waals surface area contributed by atoms with Crippen LogP contribution in [0.15, 0.2) is 29.8 Å². The Kier molecular flexibility index (Phi) is 1.25. The van der Waals surface area contributed by atoms with Crippen LogP contribution in [0.5, 0.6) is 0 Å². The van der Waals surface area contributed by atoms with Crippen molar-refractivity contribution in [2.75, 3.05) is 0 Å². The molecule has 0 bridgehead atoms. The molecule has 1 aromatic rings. The quantitative estimate of drug-likeness (QED) is 0.526. The van der Waals surface area contributed by atoms with Gasteiger partial charge < -0.3 is 0 Å². The standard InChI is InChI=1S/C7H7N4/c1-6-4-9-11(5-6)7-2-3-8-10-7/h2-5H,1H3. The maximum Gasteiger partial charge on any atom is 0.177 e. The summed E-state index contributed by atoms with van der Waals surface area (Å²) >= 11 is 0. The Hall–Kier alpha value is -1.58. The van der Waals surface area contributed by atoms with Crippen LogP contribution < -0.4 is 5.43 Å². The topological polar surface area (TPSA) is 44.3 Å². The van der Waals surface area contributed by atoms with E-state index in [2.05, 4.69) is 15.6 Å². The molecule has 4 nitrogen and oxygen atoms in total. The molecule has 0 fully saturated rings. The molecule has 0 N–H and O–H groups in total. The molecule has 2 rings (SSSR count). The second kappa shape index (κ2) is 2.23. The van der Waals surface area contributed by atoms with Crippen LogP contribution in [-0.2, 0) is 0 Å². The van der Waals surface area contributed by atoms with Crippen LogP contribution in [0.4, 0.5) is 0 Å². The van der Waals surface area contributed by atoms with E-state index >= 15 is 0 Å². The molecule has 0 aromatic carbocycles. The number of aromatic nitrogens is 2. The van der Waals surface area contributed by atoms with Gasteiger partial charge in [0.1, 0.15) is 0 Å². The SMILES string of the molecule is Cc1cnn(C2=N[N]C=C2)c1. The van der Waals surface area contributed by atoms with E-state index in [1.165, 1.54) is 0 Å². The maximum absolute atomic E-state index is 4.07. The lowest BCUT2D eigenvalue weighted by molar-refractivity contribution is 0.901. The van der Waals surface area contributed by atoms with Gasteiger partial charge in [0.15, 0.2) is 5.84 Å². The van der Waals surface area contributed by atoms with Crippen molar-refractivity contribution in [3.63, 3.8) is 0 Å². The highest BCUT2D eigenvalue weighted by Gasteiger charge is 2.03. The zero-order chi connectivity index (χ0) is 7.68. The average Bonchev–Trinajstić information content (AvgIpc) is 2.55. The summed E-state index contributed by atoms with van der Waals surface area (Å²) in [4.78, 5) is 0. The summed E-state index contributed by atoms with van der Waals surface area (Å²) < 4.78 is 1.70. The van der Waals surface area contributed by atoms with Crippen LogP contribution in [0, 0.1) is 6.92 Å². The van der Waals surface area contributed by atoms with Gasteiger partial charge in [0.05, 0.1) is 12.4 Å². The van der Waals surface area contributed by atoms with E-state index in [1.807, 2.05) is 19.2 Å². The Labute approximate surface area is 64.2 Å². The molecule has 1 aliphatic heterocycles. The predicted octanol–water partition coefficient (Wildman–Crippen LogP) is 0.485. The van der Waals surface area contributed by atoms with Crippen molar-refractivity contribution in [1.29, 1.82) is 0 Å². The minimum Gasteiger partial charge on any atom is -0.221 e. The Bertz CT molecular complexity index is 321. The lowest BCUT2D eigenvalue weighted by atomic mass is 10.4. The second-order valence-corrected chi connectivity index (χ2v) is 2.35. The molecule has 1 radical (unpaired) electrons. The van der Waals surface area contributed by atoms with Crippen molar-refractivity contribution in [2.45, 2.75) is 6.92 Å². The van der Waals surface area contributed by atoms with Crippen molar-refractivity contribution in [3.05, 3.63) is 30.2 Å². The molecule has 2 heterocycles. The van der Waals surface area contributed by atoms with Crippen molar-refractivity contribution in [1.82, 2.24) is 15.2 Å². The lowest BCUT2D eigenvalue weighted by Crippen LogP contribution is -2.07. The van der Waals surface area contributed by atoms with Gasteiger partial charge in [0, 0.05) is 12.3 Å². The molecule has 0 saturated heterocycles. The number of hydrogen-bond acceptors (Lipinski definition) is 2. The minimum absolute atomic E-state index is 0.762. The molecular formula is C7H7N4. The molecule has 0 atom stereocenters. The largest absolute Gasteiger partial charge is 0.221 e. The number of hydrogen-bond donors (Lipinski definition) is 0. The Balaban J connectivity index is 2.36. The van der Waals surface area contributed by atoms with Gasteiger partial charge in [-0.25, -0.2) is 4.68 Å². The molecule has 0 saturated carbocycles. The smallest absolute Gasteiger partial charge is 0.177 e. The van der Waals surface area contributed by atoms with Crippen LogP contribution in [0.1, 0.15) is 5.56 Å². The first kappa shape index (κ1) is 6.15. The molecule has 0 amide bonds. The van der Waals surface area contributed by atoms with Crippen LogP contribution >= 0.6 is 0 Å². The highest BCUT2D eigenvalue weighted by Crippen LogP contribution is 1.98. The van der Waals surface area contributed by atoms with Gasteiger partial charge in [-0.2, -0.15) is 10.5 Å². The van der Waals surface area contributed by atoms with Gasteiger partial charge in [0.25, 0.3) is 0 Å². The van der Waals surface area contributed by atoms with Gasteiger partial charge >= 0.3 is 0 Å². The Morgan fingerprint density at radius 1 is 1.45 bits per heavy atom. The zero-order valence-electron chi connectivity index (χ0n) is 6.10. The average molecular weight is 147 g/mol.